The topological polar surface area (TPSA) is 46.3 Å². The normalized spacial score (nSPS) is 47.5. The summed E-state index contributed by atoms with van der Waals surface area (Å²) in [7, 11) is 0. The molecule has 0 aromatic carbocycles. The van der Waals surface area contributed by atoms with Gasteiger partial charge in [-0.2, -0.15) is 0 Å². The maximum Gasteiger partial charge on any atom is 0.181 e. The fraction of sp³-hybridized carbons (Fsp3) is 0.696. The minimum absolute atomic E-state index is 0.126. The number of hydrogen-bond donors (Lipinski definition) is 1. The molecule has 3 heteroatoms. The third-order valence-electron chi connectivity index (χ3n) is 8.70. The van der Waals surface area contributed by atoms with Gasteiger partial charge in [-0.1, -0.05) is 38.5 Å². The molecule has 140 valence electrons. The first-order valence-corrected chi connectivity index (χ1v) is 10.4. The minimum atomic E-state index is -0.126. The van der Waals surface area contributed by atoms with E-state index in [1.54, 1.807) is 12.0 Å². The summed E-state index contributed by atoms with van der Waals surface area (Å²) in [5.41, 5.74) is 4.54. The first-order chi connectivity index (χ1) is 12.4. The predicted molar refractivity (Wildman–Crippen MR) is 102 cm³/mol. The van der Waals surface area contributed by atoms with Crippen LogP contribution in [0.1, 0.15) is 65.0 Å². The molecule has 2 fully saturated rings. The second-order valence-corrected chi connectivity index (χ2v) is 9.84. The van der Waals surface area contributed by atoms with Crippen LogP contribution in [-0.4, -0.2) is 16.2 Å². The van der Waals surface area contributed by atoms with Crippen LogP contribution in [0.25, 0.3) is 5.57 Å². The van der Waals surface area contributed by atoms with Gasteiger partial charge in [0.2, 0.25) is 0 Å². The number of allylic oxidation sites excluding steroid dienone is 3. The highest BCUT2D eigenvalue weighted by Crippen LogP contribution is 2.67. The Labute approximate surface area is 156 Å². The zero-order valence-electron chi connectivity index (χ0n) is 16.2. The fourth-order valence-corrected chi connectivity index (χ4v) is 7.31. The van der Waals surface area contributed by atoms with Crippen LogP contribution in [0, 0.1) is 34.5 Å². The van der Waals surface area contributed by atoms with Crippen LogP contribution in [-0.2, 0) is 0 Å². The Kier molecular flexibility index (Phi) is 3.60. The Bertz CT molecular complexity index is 763. The van der Waals surface area contributed by atoms with Crippen molar-refractivity contribution in [3.8, 4) is 0 Å². The third kappa shape index (κ3) is 2.13. The van der Waals surface area contributed by atoms with E-state index in [9.17, 15) is 5.11 Å². The Morgan fingerprint density at radius 1 is 1.15 bits per heavy atom. The second kappa shape index (κ2) is 5.58. The summed E-state index contributed by atoms with van der Waals surface area (Å²) in [5.74, 6) is 2.79. The standard InChI is InChI=1S/C23H31NO2/c1-14-10-15-11-16(25)6-8-22(15,2)19-7-9-23(3)17(20-12-26-13-24-20)4-5-18(23)21(14)19/h4,10,12-14,16,18-19,21,25H,5-9,11H2,1-3H3/t14?,16-,18-,19-,21-,22-,23+/m0/s1. The maximum atomic E-state index is 10.2. The summed E-state index contributed by atoms with van der Waals surface area (Å²) in [5, 5.41) is 10.2. The Hall–Kier alpha value is -1.35. The van der Waals surface area contributed by atoms with E-state index < -0.39 is 0 Å². The van der Waals surface area contributed by atoms with Gasteiger partial charge >= 0.3 is 0 Å². The molecule has 0 saturated heterocycles. The van der Waals surface area contributed by atoms with Crippen molar-refractivity contribution in [2.24, 2.45) is 34.5 Å². The summed E-state index contributed by atoms with van der Waals surface area (Å²) in [6.07, 6.45) is 15.0. The van der Waals surface area contributed by atoms with Crippen LogP contribution < -0.4 is 0 Å². The fourth-order valence-electron chi connectivity index (χ4n) is 7.31. The number of hydrogen-bond acceptors (Lipinski definition) is 3. The van der Waals surface area contributed by atoms with Crippen molar-refractivity contribution < 1.29 is 9.52 Å². The molecule has 1 unspecified atom stereocenters. The lowest BCUT2D eigenvalue weighted by molar-refractivity contribution is -0.0426. The molecular formula is C23H31NO2. The van der Waals surface area contributed by atoms with Crippen LogP contribution in [0.4, 0.5) is 0 Å². The number of oxazole rings is 1. The quantitative estimate of drug-likeness (QED) is 0.703. The maximum absolute atomic E-state index is 10.2. The minimum Gasteiger partial charge on any atom is -0.451 e. The van der Waals surface area contributed by atoms with Gasteiger partial charge in [-0.3, -0.25) is 0 Å². The summed E-state index contributed by atoms with van der Waals surface area (Å²) >= 11 is 0. The van der Waals surface area contributed by atoms with Crippen molar-refractivity contribution in [2.45, 2.75) is 65.4 Å². The van der Waals surface area contributed by atoms with E-state index in [2.05, 4.69) is 37.9 Å². The van der Waals surface area contributed by atoms with E-state index in [-0.39, 0.29) is 11.5 Å². The lowest BCUT2D eigenvalue weighted by Gasteiger charge is -2.59. The average molecular weight is 354 g/mol. The number of fused-ring (bicyclic) bond motifs is 5. The number of aliphatic hydroxyl groups excluding tert-OH is 1. The van der Waals surface area contributed by atoms with Crippen molar-refractivity contribution >= 4 is 5.57 Å². The first kappa shape index (κ1) is 16.8. The molecule has 7 atom stereocenters. The molecule has 0 spiro atoms. The van der Waals surface area contributed by atoms with E-state index >= 15 is 0 Å². The van der Waals surface area contributed by atoms with Crippen molar-refractivity contribution in [1.82, 2.24) is 4.98 Å². The number of aliphatic hydroxyl groups is 1. The second-order valence-electron chi connectivity index (χ2n) is 9.84. The molecule has 1 aromatic rings. The highest BCUT2D eigenvalue weighted by molar-refractivity contribution is 5.70. The number of rotatable bonds is 1. The van der Waals surface area contributed by atoms with Crippen molar-refractivity contribution in [3.05, 3.63) is 36.1 Å². The Balaban J connectivity index is 1.52. The number of nitrogens with zero attached hydrogens (tertiary/aromatic N) is 1. The molecule has 26 heavy (non-hydrogen) atoms. The molecule has 2 saturated carbocycles. The van der Waals surface area contributed by atoms with Crippen molar-refractivity contribution in [3.63, 3.8) is 0 Å². The summed E-state index contributed by atoms with van der Waals surface area (Å²) < 4.78 is 5.29. The molecule has 0 aliphatic heterocycles. The summed E-state index contributed by atoms with van der Waals surface area (Å²) in [6, 6.07) is 0. The molecule has 3 nitrogen and oxygen atoms in total. The van der Waals surface area contributed by atoms with Crippen LogP contribution >= 0.6 is 0 Å². The summed E-state index contributed by atoms with van der Waals surface area (Å²) in [6.45, 7) is 7.39. The SMILES string of the molecule is CC1C=C2C[C@@H](O)CC[C@]2(C)[C@H]2CC[C@]3(C)C(c4cocn4)=CC[C@H]3[C@H]12. The molecule has 1 N–H and O–H groups in total. The molecule has 1 aromatic heterocycles. The van der Waals surface area contributed by atoms with Gasteiger partial charge in [0.1, 0.15) is 12.0 Å². The first-order valence-electron chi connectivity index (χ1n) is 10.4. The van der Waals surface area contributed by atoms with Gasteiger partial charge in [-0.05, 0) is 78.6 Å². The van der Waals surface area contributed by atoms with Gasteiger partial charge in [-0.25, -0.2) is 4.98 Å². The molecule has 1 heterocycles. The average Bonchev–Trinajstić information content (AvgIpc) is 3.23. The molecule has 4 aliphatic rings. The predicted octanol–water partition coefficient (Wildman–Crippen LogP) is 5.24. The smallest absolute Gasteiger partial charge is 0.181 e. The van der Waals surface area contributed by atoms with Crippen LogP contribution in [0.5, 0.6) is 0 Å². The molecule has 4 aliphatic carbocycles. The van der Waals surface area contributed by atoms with E-state index in [1.165, 1.54) is 24.8 Å². The molecule has 0 amide bonds. The Morgan fingerprint density at radius 3 is 2.73 bits per heavy atom. The highest BCUT2D eigenvalue weighted by atomic mass is 16.3. The molecule has 0 radical (unpaired) electrons. The van der Waals surface area contributed by atoms with Gasteiger partial charge < -0.3 is 9.52 Å². The van der Waals surface area contributed by atoms with Gasteiger partial charge in [-0.15, -0.1) is 0 Å². The monoisotopic (exact) mass is 353 g/mol. The van der Waals surface area contributed by atoms with Gasteiger partial charge in [0.15, 0.2) is 6.39 Å². The van der Waals surface area contributed by atoms with Gasteiger partial charge in [0.25, 0.3) is 0 Å². The molecular weight excluding hydrogens is 322 g/mol. The van der Waals surface area contributed by atoms with E-state index in [0.29, 0.717) is 17.3 Å². The van der Waals surface area contributed by atoms with Crippen LogP contribution in [0.3, 0.4) is 0 Å². The molecule has 5 rings (SSSR count). The van der Waals surface area contributed by atoms with E-state index in [1.807, 2.05) is 6.26 Å². The Morgan fingerprint density at radius 2 is 1.96 bits per heavy atom. The highest BCUT2D eigenvalue weighted by Gasteiger charge is 2.58. The summed E-state index contributed by atoms with van der Waals surface area (Å²) in [4.78, 5) is 4.47. The lowest BCUT2D eigenvalue weighted by Crippen LogP contribution is -2.52. The van der Waals surface area contributed by atoms with E-state index in [4.69, 9.17) is 4.42 Å². The largest absolute Gasteiger partial charge is 0.451 e. The zero-order valence-corrected chi connectivity index (χ0v) is 16.2. The van der Waals surface area contributed by atoms with Gasteiger partial charge in [0.05, 0.1) is 6.10 Å². The number of aromatic nitrogens is 1. The van der Waals surface area contributed by atoms with Crippen LogP contribution in [0.15, 0.2) is 34.8 Å². The van der Waals surface area contributed by atoms with E-state index in [0.717, 1.165) is 36.8 Å². The third-order valence-corrected chi connectivity index (χ3v) is 8.70. The zero-order chi connectivity index (χ0) is 18.1. The lowest BCUT2D eigenvalue weighted by atomic mass is 9.45. The van der Waals surface area contributed by atoms with Crippen molar-refractivity contribution in [2.75, 3.05) is 0 Å². The van der Waals surface area contributed by atoms with Crippen LogP contribution in [0.2, 0.25) is 0 Å². The van der Waals surface area contributed by atoms with Crippen molar-refractivity contribution in [1.29, 1.82) is 0 Å². The molecule has 0 bridgehead atoms. The van der Waals surface area contributed by atoms with Gasteiger partial charge in [0, 0.05) is 0 Å².